The van der Waals surface area contributed by atoms with Gasteiger partial charge >= 0.3 is 6.03 Å². The zero-order chi connectivity index (χ0) is 16.4. The molecule has 122 valence electrons. The summed E-state index contributed by atoms with van der Waals surface area (Å²) in [5.74, 6) is 1.32. The zero-order valence-electron chi connectivity index (χ0n) is 12.9. The van der Waals surface area contributed by atoms with Gasteiger partial charge in [-0.25, -0.2) is 4.79 Å². The summed E-state index contributed by atoms with van der Waals surface area (Å²) in [5, 5.41) is 6.70. The molecule has 2 aromatic carbocycles. The Bertz CT molecular complexity index is 888. The quantitative estimate of drug-likeness (QED) is 0.770. The van der Waals surface area contributed by atoms with Crippen LogP contribution in [-0.2, 0) is 6.42 Å². The predicted octanol–water partition coefficient (Wildman–Crippen LogP) is 3.53. The Morgan fingerprint density at radius 3 is 2.92 bits per heavy atom. The number of fused-ring (bicyclic) bond motifs is 2. The minimum Gasteiger partial charge on any atom is -0.464 e. The Kier molecular flexibility index (Phi) is 3.70. The summed E-state index contributed by atoms with van der Waals surface area (Å²) in [6, 6.07) is 12.9. The number of carbonyl (C=O) groups is 1. The molecule has 0 aliphatic carbocycles. The highest BCUT2D eigenvalue weighted by Crippen LogP contribution is 2.34. The lowest BCUT2D eigenvalue weighted by atomic mass is 10.1. The van der Waals surface area contributed by atoms with E-state index in [2.05, 4.69) is 10.6 Å². The smallest absolute Gasteiger partial charge is 0.319 e. The van der Waals surface area contributed by atoms with Crippen molar-refractivity contribution >= 4 is 22.7 Å². The monoisotopic (exact) mass is 324 g/mol. The van der Waals surface area contributed by atoms with E-state index in [-0.39, 0.29) is 12.8 Å². The van der Waals surface area contributed by atoms with Crippen molar-refractivity contribution in [1.29, 1.82) is 0 Å². The molecule has 0 saturated heterocycles. The first-order chi connectivity index (χ1) is 11.8. The van der Waals surface area contributed by atoms with E-state index in [1.165, 1.54) is 0 Å². The van der Waals surface area contributed by atoms with Crippen molar-refractivity contribution in [2.24, 2.45) is 0 Å². The average molecular weight is 324 g/mol. The fourth-order valence-corrected chi connectivity index (χ4v) is 2.69. The number of urea groups is 1. The first-order valence-electron chi connectivity index (χ1n) is 7.69. The van der Waals surface area contributed by atoms with Crippen LogP contribution in [0.25, 0.3) is 11.0 Å². The van der Waals surface area contributed by atoms with Gasteiger partial charge in [0.15, 0.2) is 11.5 Å². The van der Waals surface area contributed by atoms with Crippen molar-refractivity contribution < 1.29 is 18.7 Å². The molecule has 6 heteroatoms. The molecule has 1 aliphatic heterocycles. The molecule has 1 aromatic heterocycles. The molecule has 0 fully saturated rings. The first kappa shape index (κ1) is 14.4. The Balaban J connectivity index is 1.32. The van der Waals surface area contributed by atoms with Crippen LogP contribution in [0.4, 0.5) is 10.5 Å². The normalized spacial score (nSPS) is 12.3. The maximum atomic E-state index is 12.0. The number of amides is 2. The average Bonchev–Trinajstić information content (AvgIpc) is 3.21. The summed E-state index contributed by atoms with van der Waals surface area (Å²) in [6.45, 7) is 0.726. The molecule has 4 rings (SSSR count). The van der Waals surface area contributed by atoms with E-state index in [1.807, 2.05) is 24.3 Å². The summed E-state index contributed by atoms with van der Waals surface area (Å²) < 4.78 is 16.0. The summed E-state index contributed by atoms with van der Waals surface area (Å²) in [7, 11) is 0. The Hall–Kier alpha value is -3.15. The van der Waals surface area contributed by atoms with Crippen molar-refractivity contribution in [2.75, 3.05) is 18.7 Å². The van der Waals surface area contributed by atoms with Gasteiger partial charge < -0.3 is 24.5 Å². The van der Waals surface area contributed by atoms with Gasteiger partial charge in [-0.15, -0.1) is 0 Å². The van der Waals surface area contributed by atoms with Gasteiger partial charge in [-0.05, 0) is 30.2 Å². The number of anilines is 1. The second-order valence-corrected chi connectivity index (χ2v) is 5.46. The number of ether oxygens (including phenoxy) is 2. The highest BCUT2D eigenvalue weighted by atomic mass is 16.7. The Labute approximate surface area is 138 Å². The second kappa shape index (κ2) is 6.16. The molecule has 2 heterocycles. The minimum atomic E-state index is -0.262. The third-order valence-corrected chi connectivity index (χ3v) is 3.87. The second-order valence-electron chi connectivity index (χ2n) is 5.46. The van der Waals surface area contributed by atoms with E-state index in [0.29, 0.717) is 30.2 Å². The first-order valence-corrected chi connectivity index (χ1v) is 7.69. The number of nitrogens with one attached hydrogen (secondary N) is 2. The number of furan rings is 1. The highest BCUT2D eigenvalue weighted by Gasteiger charge is 2.14. The van der Waals surface area contributed by atoms with E-state index in [4.69, 9.17) is 13.9 Å². The van der Waals surface area contributed by atoms with E-state index in [9.17, 15) is 4.79 Å². The van der Waals surface area contributed by atoms with Crippen molar-refractivity contribution in [1.82, 2.24) is 5.32 Å². The number of rotatable bonds is 4. The predicted molar refractivity (Wildman–Crippen MR) is 89.5 cm³/mol. The number of hydrogen-bond donors (Lipinski definition) is 2. The van der Waals surface area contributed by atoms with Gasteiger partial charge in [-0.3, -0.25) is 0 Å². The lowest BCUT2D eigenvalue weighted by molar-refractivity contribution is 0.174. The van der Waals surface area contributed by atoms with Crippen LogP contribution < -0.4 is 20.1 Å². The molecule has 0 spiro atoms. The van der Waals surface area contributed by atoms with Crippen LogP contribution in [0.1, 0.15) is 5.56 Å². The van der Waals surface area contributed by atoms with Gasteiger partial charge in [-0.2, -0.15) is 0 Å². The molecule has 6 nitrogen and oxygen atoms in total. The molecular formula is C18H16N2O4. The van der Waals surface area contributed by atoms with Gasteiger partial charge in [0.05, 0.1) is 6.26 Å². The van der Waals surface area contributed by atoms with Crippen LogP contribution >= 0.6 is 0 Å². The summed E-state index contributed by atoms with van der Waals surface area (Å²) in [6.07, 6.45) is 2.44. The molecule has 0 saturated carbocycles. The molecule has 0 unspecified atom stereocenters. The number of para-hydroxylation sites is 1. The molecule has 24 heavy (non-hydrogen) atoms. The standard InChI is InChI=1S/C18H16N2O4/c21-18(20-13-5-6-16-17(9-13)24-11-23-16)19-8-7-12-10-22-15-4-2-1-3-14(12)15/h1-6,9-10H,7-8,11H2,(H2,19,20,21). The lowest BCUT2D eigenvalue weighted by Gasteiger charge is -2.08. The van der Waals surface area contributed by atoms with Crippen LogP contribution in [0.15, 0.2) is 53.1 Å². The topological polar surface area (TPSA) is 72.7 Å². The largest absolute Gasteiger partial charge is 0.464 e. The number of benzene rings is 2. The van der Waals surface area contributed by atoms with Crippen LogP contribution in [0.2, 0.25) is 0 Å². The molecule has 3 aromatic rings. The number of carbonyl (C=O) groups excluding carboxylic acids is 1. The summed E-state index contributed by atoms with van der Waals surface area (Å²) >= 11 is 0. The van der Waals surface area contributed by atoms with Gasteiger partial charge in [-0.1, -0.05) is 18.2 Å². The van der Waals surface area contributed by atoms with Crippen molar-refractivity contribution in [2.45, 2.75) is 6.42 Å². The Morgan fingerprint density at radius 1 is 1.08 bits per heavy atom. The summed E-state index contributed by atoms with van der Waals surface area (Å²) in [5.41, 5.74) is 2.59. The fraction of sp³-hybridized carbons (Fsp3) is 0.167. The molecule has 2 amide bonds. The van der Waals surface area contributed by atoms with E-state index < -0.39 is 0 Å². The van der Waals surface area contributed by atoms with Crippen molar-refractivity contribution in [3.63, 3.8) is 0 Å². The fourth-order valence-electron chi connectivity index (χ4n) is 2.69. The maximum Gasteiger partial charge on any atom is 0.319 e. The minimum absolute atomic E-state index is 0.212. The molecule has 0 bridgehead atoms. The van der Waals surface area contributed by atoms with E-state index >= 15 is 0 Å². The molecule has 0 radical (unpaired) electrons. The number of hydrogen-bond acceptors (Lipinski definition) is 4. The van der Waals surface area contributed by atoms with Crippen LogP contribution in [0, 0.1) is 0 Å². The molecule has 1 aliphatic rings. The van der Waals surface area contributed by atoms with Crippen LogP contribution in [0.3, 0.4) is 0 Å². The molecule has 0 atom stereocenters. The molecular weight excluding hydrogens is 308 g/mol. The highest BCUT2D eigenvalue weighted by molar-refractivity contribution is 5.89. The van der Waals surface area contributed by atoms with Crippen LogP contribution in [-0.4, -0.2) is 19.4 Å². The van der Waals surface area contributed by atoms with Crippen molar-refractivity contribution in [3.05, 3.63) is 54.3 Å². The Morgan fingerprint density at radius 2 is 1.96 bits per heavy atom. The maximum absolute atomic E-state index is 12.0. The third kappa shape index (κ3) is 2.86. The SMILES string of the molecule is O=C(NCCc1coc2ccccc12)Nc1ccc2c(c1)OCO2. The third-order valence-electron chi connectivity index (χ3n) is 3.87. The van der Waals surface area contributed by atoms with E-state index in [1.54, 1.807) is 24.5 Å². The van der Waals surface area contributed by atoms with Gasteiger partial charge in [0, 0.05) is 23.7 Å². The zero-order valence-corrected chi connectivity index (χ0v) is 12.9. The lowest BCUT2D eigenvalue weighted by Crippen LogP contribution is -2.30. The van der Waals surface area contributed by atoms with E-state index in [0.717, 1.165) is 16.5 Å². The van der Waals surface area contributed by atoms with Crippen LogP contribution in [0.5, 0.6) is 11.5 Å². The van der Waals surface area contributed by atoms with Gasteiger partial charge in [0.25, 0.3) is 0 Å². The molecule has 2 N–H and O–H groups in total. The van der Waals surface area contributed by atoms with Gasteiger partial charge in [0.1, 0.15) is 5.58 Å². The van der Waals surface area contributed by atoms with Gasteiger partial charge in [0.2, 0.25) is 6.79 Å². The van der Waals surface area contributed by atoms with Crippen molar-refractivity contribution in [3.8, 4) is 11.5 Å². The summed E-state index contributed by atoms with van der Waals surface area (Å²) in [4.78, 5) is 12.0.